The quantitative estimate of drug-likeness (QED) is 0.761. The largest absolute Gasteiger partial charge is 0.481 e. The Hall–Kier alpha value is -2.82. The highest BCUT2D eigenvalue weighted by atomic mass is 16.4. The van der Waals surface area contributed by atoms with Gasteiger partial charge in [-0.15, -0.1) is 0 Å². The van der Waals surface area contributed by atoms with E-state index in [9.17, 15) is 9.59 Å². The molecule has 0 spiro atoms. The average molecular weight is 354 g/mol. The van der Waals surface area contributed by atoms with Crippen LogP contribution in [-0.2, 0) is 17.8 Å². The predicted molar refractivity (Wildman–Crippen MR) is 102 cm³/mol. The minimum Gasteiger partial charge on any atom is -0.481 e. The number of urea groups is 1. The van der Waals surface area contributed by atoms with Gasteiger partial charge in [0.25, 0.3) is 0 Å². The van der Waals surface area contributed by atoms with Gasteiger partial charge in [0, 0.05) is 26.1 Å². The van der Waals surface area contributed by atoms with Gasteiger partial charge < -0.3 is 15.3 Å². The summed E-state index contributed by atoms with van der Waals surface area (Å²) in [6.07, 6.45) is 1.03. The van der Waals surface area contributed by atoms with Gasteiger partial charge in [-0.2, -0.15) is 0 Å². The van der Waals surface area contributed by atoms with Crippen molar-refractivity contribution in [1.29, 1.82) is 0 Å². The van der Waals surface area contributed by atoms with Crippen molar-refractivity contribution < 1.29 is 14.7 Å². The number of rotatable bonds is 8. The highest BCUT2D eigenvalue weighted by Gasteiger charge is 2.17. The van der Waals surface area contributed by atoms with E-state index in [0.29, 0.717) is 19.4 Å². The van der Waals surface area contributed by atoms with Crippen molar-refractivity contribution in [3.8, 4) is 0 Å². The summed E-state index contributed by atoms with van der Waals surface area (Å²) >= 11 is 0. The Kier molecular flexibility index (Phi) is 7.21. The standard InChI is InChI=1S/C21H26N2O3/c1-16-7-6-10-18(13-16)15-23(2)21(26)22-19(11-12-20(24)25)14-17-8-4-3-5-9-17/h3-10,13,19H,11-12,14-15H2,1-2H3,(H,22,26)(H,24,25). The molecule has 0 aromatic heterocycles. The van der Waals surface area contributed by atoms with Crippen LogP contribution >= 0.6 is 0 Å². The molecule has 0 aliphatic heterocycles. The molecule has 2 amide bonds. The van der Waals surface area contributed by atoms with Crippen molar-refractivity contribution in [2.75, 3.05) is 7.05 Å². The normalized spacial score (nSPS) is 11.6. The first-order valence-corrected chi connectivity index (χ1v) is 8.77. The molecule has 0 radical (unpaired) electrons. The molecule has 0 aliphatic carbocycles. The Balaban J connectivity index is 1.98. The van der Waals surface area contributed by atoms with Gasteiger partial charge in [-0.05, 0) is 30.9 Å². The molecule has 138 valence electrons. The summed E-state index contributed by atoms with van der Waals surface area (Å²) in [5.74, 6) is -0.856. The van der Waals surface area contributed by atoms with E-state index in [2.05, 4.69) is 11.4 Å². The molecule has 2 aromatic carbocycles. The number of hydrogen-bond acceptors (Lipinski definition) is 2. The second-order valence-corrected chi connectivity index (χ2v) is 6.61. The second-order valence-electron chi connectivity index (χ2n) is 6.61. The lowest BCUT2D eigenvalue weighted by atomic mass is 10.0. The summed E-state index contributed by atoms with van der Waals surface area (Å²) in [6.45, 7) is 2.52. The molecule has 1 atom stereocenters. The van der Waals surface area contributed by atoms with E-state index < -0.39 is 5.97 Å². The Morgan fingerprint density at radius 2 is 1.77 bits per heavy atom. The molecule has 5 heteroatoms. The van der Waals surface area contributed by atoms with Gasteiger partial charge in [0.2, 0.25) is 0 Å². The summed E-state index contributed by atoms with van der Waals surface area (Å²) < 4.78 is 0. The zero-order valence-electron chi connectivity index (χ0n) is 15.3. The molecule has 0 aliphatic rings. The second kappa shape index (κ2) is 9.61. The van der Waals surface area contributed by atoms with E-state index in [1.54, 1.807) is 11.9 Å². The lowest BCUT2D eigenvalue weighted by Crippen LogP contribution is -2.44. The molecule has 26 heavy (non-hydrogen) atoms. The zero-order valence-corrected chi connectivity index (χ0v) is 15.3. The average Bonchev–Trinajstić information content (AvgIpc) is 2.60. The molecule has 0 fully saturated rings. The molecule has 0 heterocycles. The van der Waals surface area contributed by atoms with Crippen molar-refractivity contribution in [2.24, 2.45) is 0 Å². The Labute approximate surface area is 154 Å². The molecule has 1 unspecified atom stereocenters. The Bertz CT molecular complexity index is 731. The number of carboxylic acids is 1. The number of carbonyl (C=O) groups excluding carboxylic acids is 1. The third-order valence-electron chi connectivity index (χ3n) is 4.21. The zero-order chi connectivity index (χ0) is 18.9. The van der Waals surface area contributed by atoms with Gasteiger partial charge in [-0.3, -0.25) is 4.79 Å². The minimum absolute atomic E-state index is 0.0272. The number of carbonyl (C=O) groups is 2. The third-order valence-corrected chi connectivity index (χ3v) is 4.21. The fourth-order valence-electron chi connectivity index (χ4n) is 2.86. The predicted octanol–water partition coefficient (Wildman–Crippen LogP) is 3.61. The van der Waals surface area contributed by atoms with E-state index in [1.807, 2.05) is 55.5 Å². The van der Waals surface area contributed by atoms with Crippen LogP contribution in [0.1, 0.15) is 29.5 Å². The summed E-state index contributed by atoms with van der Waals surface area (Å²) in [6, 6.07) is 17.4. The molecule has 2 rings (SSSR count). The first-order chi connectivity index (χ1) is 12.4. The van der Waals surface area contributed by atoms with Gasteiger partial charge >= 0.3 is 12.0 Å². The van der Waals surface area contributed by atoms with E-state index >= 15 is 0 Å². The van der Waals surface area contributed by atoms with Crippen LogP contribution in [0.4, 0.5) is 4.79 Å². The molecule has 2 aromatic rings. The van der Waals surface area contributed by atoms with Crippen molar-refractivity contribution in [3.05, 3.63) is 71.3 Å². The first-order valence-electron chi connectivity index (χ1n) is 8.77. The maximum atomic E-state index is 12.5. The van der Waals surface area contributed by atoms with Crippen LogP contribution in [0.25, 0.3) is 0 Å². The monoisotopic (exact) mass is 354 g/mol. The van der Waals surface area contributed by atoms with Crippen LogP contribution < -0.4 is 5.32 Å². The topological polar surface area (TPSA) is 69.6 Å². The first kappa shape index (κ1) is 19.5. The van der Waals surface area contributed by atoms with Crippen LogP contribution in [0.2, 0.25) is 0 Å². The molecule has 2 N–H and O–H groups in total. The number of aryl methyl sites for hydroxylation is 1. The third kappa shape index (κ3) is 6.59. The molecular formula is C21H26N2O3. The molecular weight excluding hydrogens is 328 g/mol. The minimum atomic E-state index is -0.856. The van der Waals surface area contributed by atoms with Crippen LogP contribution in [0.5, 0.6) is 0 Å². The Morgan fingerprint density at radius 3 is 2.42 bits per heavy atom. The number of hydrogen-bond donors (Lipinski definition) is 2. The number of nitrogens with zero attached hydrogens (tertiary/aromatic N) is 1. The lowest BCUT2D eigenvalue weighted by Gasteiger charge is -2.24. The number of aliphatic carboxylic acids is 1. The number of benzene rings is 2. The fraction of sp³-hybridized carbons (Fsp3) is 0.333. The summed E-state index contributed by atoms with van der Waals surface area (Å²) in [7, 11) is 1.74. The van der Waals surface area contributed by atoms with Crippen LogP contribution in [0, 0.1) is 6.92 Å². The van der Waals surface area contributed by atoms with E-state index in [-0.39, 0.29) is 18.5 Å². The highest BCUT2D eigenvalue weighted by molar-refractivity contribution is 5.74. The van der Waals surface area contributed by atoms with Crippen molar-refractivity contribution >= 4 is 12.0 Å². The van der Waals surface area contributed by atoms with E-state index in [1.165, 1.54) is 0 Å². The lowest BCUT2D eigenvalue weighted by molar-refractivity contribution is -0.137. The SMILES string of the molecule is Cc1cccc(CN(C)C(=O)NC(CCC(=O)O)Cc2ccccc2)c1. The summed E-state index contributed by atoms with van der Waals surface area (Å²) in [4.78, 5) is 25.1. The maximum absolute atomic E-state index is 12.5. The van der Waals surface area contributed by atoms with Crippen molar-refractivity contribution in [1.82, 2.24) is 10.2 Å². The van der Waals surface area contributed by atoms with Crippen LogP contribution in [0.15, 0.2) is 54.6 Å². The molecule has 0 saturated heterocycles. The van der Waals surface area contributed by atoms with E-state index in [0.717, 1.165) is 16.7 Å². The van der Waals surface area contributed by atoms with Gasteiger partial charge in [0.1, 0.15) is 0 Å². The van der Waals surface area contributed by atoms with Gasteiger partial charge in [0.05, 0.1) is 0 Å². The van der Waals surface area contributed by atoms with Crippen LogP contribution in [0.3, 0.4) is 0 Å². The smallest absolute Gasteiger partial charge is 0.317 e. The molecule has 0 bridgehead atoms. The number of nitrogens with one attached hydrogen (secondary N) is 1. The number of amides is 2. The number of carboxylic acid groups (broad SMARTS) is 1. The van der Waals surface area contributed by atoms with Crippen molar-refractivity contribution in [3.63, 3.8) is 0 Å². The van der Waals surface area contributed by atoms with Crippen LogP contribution in [-0.4, -0.2) is 35.1 Å². The maximum Gasteiger partial charge on any atom is 0.317 e. The highest BCUT2D eigenvalue weighted by Crippen LogP contribution is 2.10. The van der Waals surface area contributed by atoms with Gasteiger partial charge in [0.15, 0.2) is 0 Å². The van der Waals surface area contributed by atoms with Gasteiger partial charge in [-0.25, -0.2) is 4.79 Å². The van der Waals surface area contributed by atoms with Gasteiger partial charge in [-0.1, -0.05) is 60.2 Å². The summed E-state index contributed by atoms with van der Waals surface area (Å²) in [5.41, 5.74) is 3.29. The van der Waals surface area contributed by atoms with Crippen molar-refractivity contribution in [2.45, 2.75) is 38.8 Å². The Morgan fingerprint density at radius 1 is 1.08 bits per heavy atom. The summed E-state index contributed by atoms with van der Waals surface area (Å²) in [5, 5.41) is 11.9. The van der Waals surface area contributed by atoms with E-state index in [4.69, 9.17) is 5.11 Å². The fourth-order valence-corrected chi connectivity index (χ4v) is 2.86. The molecule has 0 saturated carbocycles. The molecule has 5 nitrogen and oxygen atoms in total.